The van der Waals surface area contributed by atoms with Crippen LogP contribution in [-0.2, 0) is 25.5 Å². The summed E-state index contributed by atoms with van der Waals surface area (Å²) in [7, 11) is 0. The van der Waals surface area contributed by atoms with Gasteiger partial charge in [-0.1, -0.05) is 24.3 Å². The summed E-state index contributed by atoms with van der Waals surface area (Å²) in [5.41, 5.74) is 3.89. The molecule has 0 atom stereocenters. The van der Waals surface area contributed by atoms with Gasteiger partial charge in [-0.15, -0.1) is 0 Å². The predicted octanol–water partition coefficient (Wildman–Crippen LogP) is 4.19. The number of nitrogens with zero attached hydrogens (tertiary/aromatic N) is 5. The van der Waals surface area contributed by atoms with Crippen LogP contribution in [0.2, 0.25) is 0 Å². The van der Waals surface area contributed by atoms with Crippen LogP contribution in [0.4, 0.5) is 19.1 Å². The number of alkyl halides is 3. The van der Waals surface area contributed by atoms with E-state index in [-0.39, 0.29) is 37.9 Å². The molecule has 0 bridgehead atoms. The zero-order valence-corrected chi connectivity index (χ0v) is 27.7. The van der Waals surface area contributed by atoms with E-state index in [1.54, 1.807) is 6.20 Å². The summed E-state index contributed by atoms with van der Waals surface area (Å²) >= 11 is 0. The zero-order chi connectivity index (χ0) is 34.6. The lowest BCUT2D eigenvalue weighted by atomic mass is 9.93. The van der Waals surface area contributed by atoms with E-state index in [4.69, 9.17) is 19.3 Å². The average Bonchev–Trinajstić information content (AvgIpc) is 3.45. The highest BCUT2D eigenvalue weighted by Crippen LogP contribution is 2.37. The fourth-order valence-corrected chi connectivity index (χ4v) is 6.29. The lowest BCUT2D eigenvalue weighted by Crippen LogP contribution is -2.46. The molecule has 1 saturated carbocycles. The number of aliphatic hydroxyl groups excluding tert-OH is 1. The van der Waals surface area contributed by atoms with Crippen molar-refractivity contribution in [3.63, 3.8) is 0 Å². The fourth-order valence-electron chi connectivity index (χ4n) is 6.29. The average molecular weight is 693 g/mol. The van der Waals surface area contributed by atoms with Crippen molar-refractivity contribution in [1.82, 2.24) is 24.3 Å². The molecule has 3 N–H and O–H groups in total. The van der Waals surface area contributed by atoms with Crippen molar-refractivity contribution in [3.8, 4) is 11.1 Å². The van der Waals surface area contributed by atoms with E-state index < -0.39 is 18.6 Å². The number of piperazine rings is 1. The predicted molar refractivity (Wildman–Crippen MR) is 177 cm³/mol. The summed E-state index contributed by atoms with van der Waals surface area (Å²) in [6.07, 6.45) is 1.23. The van der Waals surface area contributed by atoms with Crippen molar-refractivity contribution in [2.45, 2.75) is 57.0 Å². The number of carbonyl (C=O) groups is 1. The summed E-state index contributed by atoms with van der Waals surface area (Å²) < 4.78 is 56.2. The Morgan fingerprint density at radius 3 is 2.24 bits per heavy atom. The van der Waals surface area contributed by atoms with Gasteiger partial charge < -0.3 is 34.3 Å². The normalized spacial score (nSPS) is 19.4. The first-order valence-electron chi connectivity index (χ1n) is 17.0. The maximum Gasteiger partial charge on any atom is 0.390 e. The molecule has 5 rings (SSSR count). The van der Waals surface area contributed by atoms with Gasteiger partial charge >= 0.3 is 12.1 Å². The molecule has 0 unspecified atom stereocenters. The standard InChI is InChI=1S/C34H47F3N6O6/c35-34(36,37)9-10-38-33-39-21-29-30(23-43(32(29)40-33)27-5-7-28(44)8-6-27)26-3-1-25(2-4-26)22-42-13-11-41(12-14-42)15-16-47-17-18-48-19-20-49-24-31(45)46/h1-4,21,23,27-28,44H,5-20,22,24H2,(H,45,46)(H,38,39,40). The van der Waals surface area contributed by atoms with Crippen LogP contribution in [0.3, 0.4) is 0 Å². The smallest absolute Gasteiger partial charge is 0.390 e. The van der Waals surface area contributed by atoms with E-state index in [1.807, 2.05) is 0 Å². The lowest BCUT2D eigenvalue weighted by Gasteiger charge is -2.34. The molecule has 270 valence electrons. The maximum absolute atomic E-state index is 12.7. The van der Waals surface area contributed by atoms with Gasteiger partial charge in [0.25, 0.3) is 0 Å². The summed E-state index contributed by atoms with van der Waals surface area (Å²) in [5, 5.41) is 22.2. The number of aliphatic carboxylic acids is 1. The van der Waals surface area contributed by atoms with Crippen molar-refractivity contribution in [1.29, 1.82) is 0 Å². The minimum Gasteiger partial charge on any atom is -0.480 e. The number of halogens is 3. The van der Waals surface area contributed by atoms with Gasteiger partial charge in [-0.2, -0.15) is 18.2 Å². The number of aliphatic hydroxyl groups is 1. The number of anilines is 1. The van der Waals surface area contributed by atoms with Gasteiger partial charge in [0.05, 0.1) is 45.6 Å². The first kappa shape index (κ1) is 36.9. The van der Waals surface area contributed by atoms with Crippen molar-refractivity contribution in [2.24, 2.45) is 0 Å². The molecule has 1 aliphatic heterocycles. The minimum atomic E-state index is -4.26. The molecule has 49 heavy (non-hydrogen) atoms. The Kier molecular flexibility index (Phi) is 13.6. The highest BCUT2D eigenvalue weighted by atomic mass is 19.4. The van der Waals surface area contributed by atoms with Crippen molar-refractivity contribution in [3.05, 3.63) is 42.2 Å². The molecule has 12 nitrogen and oxygen atoms in total. The first-order valence-corrected chi connectivity index (χ1v) is 17.0. The Labute approximate surface area is 284 Å². The number of hydrogen-bond donors (Lipinski definition) is 3. The zero-order valence-electron chi connectivity index (χ0n) is 27.7. The topological polar surface area (TPSA) is 134 Å². The van der Waals surface area contributed by atoms with Crippen LogP contribution in [-0.4, -0.2) is 132 Å². The molecule has 2 aliphatic rings. The van der Waals surface area contributed by atoms with E-state index in [2.05, 4.69) is 60.1 Å². The molecule has 0 spiro atoms. The highest BCUT2D eigenvalue weighted by Gasteiger charge is 2.27. The van der Waals surface area contributed by atoms with Gasteiger partial charge in [0.2, 0.25) is 5.95 Å². The third kappa shape index (κ3) is 11.6. The minimum absolute atomic E-state index is 0.139. The second-order valence-corrected chi connectivity index (χ2v) is 12.6. The van der Waals surface area contributed by atoms with Gasteiger partial charge in [0, 0.05) is 75.2 Å². The molecular formula is C34H47F3N6O6. The summed E-state index contributed by atoms with van der Waals surface area (Å²) in [6.45, 7) is 7.07. The third-order valence-electron chi connectivity index (χ3n) is 8.98. The number of nitrogens with one attached hydrogen (secondary N) is 1. The van der Waals surface area contributed by atoms with E-state index >= 15 is 0 Å². The van der Waals surface area contributed by atoms with Crippen LogP contribution in [0.15, 0.2) is 36.7 Å². The van der Waals surface area contributed by atoms with Crippen LogP contribution in [0, 0.1) is 0 Å². The quantitative estimate of drug-likeness (QED) is 0.166. The van der Waals surface area contributed by atoms with Gasteiger partial charge in [-0.05, 0) is 36.8 Å². The second-order valence-electron chi connectivity index (χ2n) is 12.6. The molecule has 2 fully saturated rings. The number of fused-ring (bicyclic) bond motifs is 1. The number of carboxylic acids is 1. The third-order valence-corrected chi connectivity index (χ3v) is 8.98. The SMILES string of the molecule is O=C(O)COCCOCCOCCN1CCN(Cc2ccc(-c3cn(C4CCC(O)CC4)c4nc(NCCC(F)(F)F)ncc34)cc2)CC1. The molecule has 0 amide bonds. The number of benzene rings is 1. The monoisotopic (exact) mass is 692 g/mol. The summed E-state index contributed by atoms with van der Waals surface area (Å²) in [5.74, 6) is -0.823. The molecule has 3 aromatic rings. The molecule has 0 radical (unpaired) electrons. The molecule has 2 aromatic heterocycles. The number of hydrogen-bond acceptors (Lipinski definition) is 10. The van der Waals surface area contributed by atoms with Crippen LogP contribution in [0.5, 0.6) is 0 Å². The lowest BCUT2D eigenvalue weighted by molar-refractivity contribution is -0.142. The van der Waals surface area contributed by atoms with E-state index in [9.17, 15) is 23.1 Å². The van der Waals surface area contributed by atoms with Gasteiger partial charge in [0.15, 0.2) is 0 Å². The van der Waals surface area contributed by atoms with Crippen molar-refractivity contribution >= 4 is 23.0 Å². The van der Waals surface area contributed by atoms with Gasteiger partial charge in [0.1, 0.15) is 12.3 Å². The van der Waals surface area contributed by atoms with E-state index in [0.29, 0.717) is 44.9 Å². The Balaban J connectivity index is 1.10. The Bertz CT molecular complexity index is 1460. The maximum atomic E-state index is 12.7. The van der Waals surface area contributed by atoms with E-state index in [1.165, 1.54) is 5.56 Å². The van der Waals surface area contributed by atoms with Crippen molar-refractivity contribution in [2.75, 3.05) is 84.2 Å². The molecule has 3 heterocycles. The van der Waals surface area contributed by atoms with Crippen LogP contribution >= 0.6 is 0 Å². The Hall–Kier alpha value is -3.34. The molecular weight excluding hydrogens is 645 g/mol. The first-order chi connectivity index (χ1) is 23.6. The fraction of sp³-hybridized carbons (Fsp3) is 0.618. The van der Waals surface area contributed by atoms with Gasteiger partial charge in [-0.25, -0.2) is 9.78 Å². The summed E-state index contributed by atoms with van der Waals surface area (Å²) in [6, 6.07) is 8.64. The number of rotatable bonds is 18. The number of carboxylic acid groups (broad SMARTS) is 1. The Morgan fingerprint density at radius 2 is 1.57 bits per heavy atom. The second kappa shape index (κ2) is 18.1. The number of aromatic nitrogens is 3. The molecule has 1 aromatic carbocycles. The van der Waals surface area contributed by atoms with Gasteiger partial charge in [-0.3, -0.25) is 9.80 Å². The van der Waals surface area contributed by atoms with Crippen LogP contribution < -0.4 is 5.32 Å². The highest BCUT2D eigenvalue weighted by molar-refractivity contribution is 5.94. The summed E-state index contributed by atoms with van der Waals surface area (Å²) in [4.78, 5) is 24.2. The van der Waals surface area contributed by atoms with Crippen LogP contribution in [0.25, 0.3) is 22.2 Å². The number of ether oxygens (including phenoxy) is 3. The molecule has 1 saturated heterocycles. The van der Waals surface area contributed by atoms with E-state index in [0.717, 1.165) is 68.6 Å². The van der Waals surface area contributed by atoms with Crippen molar-refractivity contribution < 1.29 is 42.4 Å². The largest absolute Gasteiger partial charge is 0.480 e. The Morgan fingerprint density at radius 1 is 0.918 bits per heavy atom. The molecule has 15 heteroatoms. The molecule has 1 aliphatic carbocycles. The van der Waals surface area contributed by atoms with Crippen LogP contribution in [0.1, 0.15) is 43.7 Å².